The van der Waals surface area contributed by atoms with Crippen LogP contribution in [0.3, 0.4) is 0 Å². The Kier molecular flexibility index (Phi) is 4.85. The highest BCUT2D eigenvalue weighted by molar-refractivity contribution is 5.70. The zero-order valence-electron chi connectivity index (χ0n) is 13.4. The molecule has 1 amide bonds. The minimum Gasteiger partial charge on any atom is -0.410 e. The third-order valence-electron chi connectivity index (χ3n) is 3.93. The van der Waals surface area contributed by atoms with Crippen LogP contribution in [0.2, 0.25) is 0 Å². The predicted octanol–water partition coefficient (Wildman–Crippen LogP) is 2.66. The van der Waals surface area contributed by atoms with E-state index in [1.54, 1.807) is 7.05 Å². The molecular formula is C16H24N2O3. The van der Waals surface area contributed by atoms with E-state index < -0.39 is 0 Å². The van der Waals surface area contributed by atoms with E-state index in [4.69, 9.17) is 9.47 Å². The molecule has 0 saturated heterocycles. The number of hydrogen-bond donors (Lipinski definition) is 0. The molecule has 5 heteroatoms. The molecular weight excluding hydrogens is 268 g/mol. The Morgan fingerprint density at radius 2 is 2.10 bits per heavy atom. The number of nitrogens with zero attached hydrogens (tertiary/aromatic N) is 2. The highest BCUT2D eigenvalue weighted by Gasteiger charge is 2.29. The topological polar surface area (TPSA) is 42.0 Å². The maximum atomic E-state index is 11.9. The minimum atomic E-state index is -0.334. The summed E-state index contributed by atoms with van der Waals surface area (Å²) in [5.74, 6) is 0.583. The Balaban J connectivity index is 2.26. The van der Waals surface area contributed by atoms with Crippen molar-refractivity contribution in [3.63, 3.8) is 0 Å². The van der Waals surface area contributed by atoms with Crippen LogP contribution in [0.1, 0.15) is 31.0 Å². The maximum Gasteiger partial charge on any atom is 0.414 e. The number of carbonyl (C=O) groups is 1. The van der Waals surface area contributed by atoms with Crippen molar-refractivity contribution in [1.29, 1.82) is 0 Å². The van der Waals surface area contributed by atoms with Crippen molar-refractivity contribution < 1.29 is 14.3 Å². The normalized spacial score (nSPS) is 21.0. The van der Waals surface area contributed by atoms with Crippen LogP contribution in [0.4, 0.5) is 4.79 Å². The molecule has 1 aliphatic rings. The van der Waals surface area contributed by atoms with Gasteiger partial charge in [-0.05, 0) is 51.2 Å². The quantitative estimate of drug-likeness (QED) is 0.859. The van der Waals surface area contributed by atoms with Gasteiger partial charge in [0.05, 0.1) is 18.8 Å². The van der Waals surface area contributed by atoms with Crippen molar-refractivity contribution in [2.75, 3.05) is 27.7 Å². The molecule has 1 aromatic rings. The number of amides is 1. The summed E-state index contributed by atoms with van der Waals surface area (Å²) in [6, 6.07) is 5.93. The van der Waals surface area contributed by atoms with Gasteiger partial charge in [-0.15, -0.1) is 0 Å². The van der Waals surface area contributed by atoms with E-state index in [9.17, 15) is 4.79 Å². The average molecular weight is 292 g/mol. The van der Waals surface area contributed by atoms with Gasteiger partial charge < -0.3 is 19.3 Å². The van der Waals surface area contributed by atoms with Crippen LogP contribution < -0.4 is 4.74 Å². The molecule has 0 spiro atoms. The number of ether oxygens (including phenoxy) is 2. The molecule has 21 heavy (non-hydrogen) atoms. The SMILES string of the molecule is CCN(C)C(=O)Oc1ccc2c(c1)[C@H](N(C)C)[C@@H](C)OC2. The molecule has 1 aliphatic heterocycles. The highest BCUT2D eigenvalue weighted by Crippen LogP contribution is 2.35. The van der Waals surface area contributed by atoms with Gasteiger partial charge in [0.2, 0.25) is 0 Å². The third-order valence-corrected chi connectivity index (χ3v) is 3.93. The first-order valence-corrected chi connectivity index (χ1v) is 7.27. The van der Waals surface area contributed by atoms with Crippen LogP contribution in [0.5, 0.6) is 5.75 Å². The fourth-order valence-electron chi connectivity index (χ4n) is 2.61. The van der Waals surface area contributed by atoms with Gasteiger partial charge in [-0.25, -0.2) is 4.79 Å². The Morgan fingerprint density at radius 3 is 2.71 bits per heavy atom. The average Bonchev–Trinajstić information content (AvgIpc) is 2.45. The van der Waals surface area contributed by atoms with E-state index in [1.807, 2.05) is 39.2 Å². The van der Waals surface area contributed by atoms with E-state index >= 15 is 0 Å². The largest absolute Gasteiger partial charge is 0.414 e. The highest BCUT2D eigenvalue weighted by atomic mass is 16.6. The molecule has 1 heterocycles. The van der Waals surface area contributed by atoms with Crippen molar-refractivity contribution in [1.82, 2.24) is 9.80 Å². The van der Waals surface area contributed by atoms with Gasteiger partial charge in [0.15, 0.2) is 0 Å². The first-order chi connectivity index (χ1) is 9.93. The van der Waals surface area contributed by atoms with Gasteiger partial charge >= 0.3 is 6.09 Å². The van der Waals surface area contributed by atoms with Gasteiger partial charge in [-0.3, -0.25) is 0 Å². The minimum absolute atomic E-state index is 0.108. The molecule has 2 rings (SSSR count). The van der Waals surface area contributed by atoms with E-state index in [0.717, 1.165) is 5.56 Å². The number of carbonyl (C=O) groups excluding carboxylic acids is 1. The van der Waals surface area contributed by atoms with Crippen LogP contribution in [0, 0.1) is 0 Å². The summed E-state index contributed by atoms with van der Waals surface area (Å²) in [4.78, 5) is 15.5. The molecule has 5 nitrogen and oxygen atoms in total. The van der Waals surface area contributed by atoms with Crippen molar-refractivity contribution in [2.45, 2.75) is 32.6 Å². The van der Waals surface area contributed by atoms with Gasteiger partial charge in [0.1, 0.15) is 5.75 Å². The summed E-state index contributed by atoms with van der Waals surface area (Å²) < 4.78 is 11.2. The Morgan fingerprint density at radius 1 is 1.38 bits per heavy atom. The molecule has 0 fully saturated rings. The zero-order chi connectivity index (χ0) is 15.6. The van der Waals surface area contributed by atoms with Gasteiger partial charge in [0, 0.05) is 13.6 Å². The Bertz CT molecular complexity index is 516. The molecule has 0 radical (unpaired) electrons. The first-order valence-electron chi connectivity index (χ1n) is 7.27. The smallest absolute Gasteiger partial charge is 0.410 e. The van der Waals surface area contributed by atoms with Gasteiger partial charge in [0.25, 0.3) is 0 Å². The van der Waals surface area contributed by atoms with Gasteiger partial charge in [-0.2, -0.15) is 0 Å². The molecule has 1 aromatic carbocycles. The number of hydrogen-bond acceptors (Lipinski definition) is 4. The number of fused-ring (bicyclic) bond motifs is 1. The summed E-state index contributed by atoms with van der Waals surface area (Å²) in [6.45, 7) is 5.20. The van der Waals surface area contributed by atoms with Gasteiger partial charge in [-0.1, -0.05) is 6.07 Å². The lowest BCUT2D eigenvalue weighted by Gasteiger charge is -2.36. The van der Waals surface area contributed by atoms with Crippen molar-refractivity contribution in [3.05, 3.63) is 29.3 Å². The summed E-state index contributed by atoms with van der Waals surface area (Å²) >= 11 is 0. The van der Waals surface area contributed by atoms with Crippen LogP contribution >= 0.6 is 0 Å². The fraction of sp³-hybridized carbons (Fsp3) is 0.562. The molecule has 0 N–H and O–H groups in total. The molecule has 0 saturated carbocycles. The monoisotopic (exact) mass is 292 g/mol. The second-order valence-electron chi connectivity index (χ2n) is 5.67. The third kappa shape index (κ3) is 3.36. The predicted molar refractivity (Wildman–Crippen MR) is 81.4 cm³/mol. The van der Waals surface area contributed by atoms with Crippen LogP contribution in [0.15, 0.2) is 18.2 Å². The van der Waals surface area contributed by atoms with E-state index in [1.165, 1.54) is 10.5 Å². The van der Waals surface area contributed by atoms with Crippen molar-refractivity contribution >= 4 is 6.09 Å². The van der Waals surface area contributed by atoms with Crippen LogP contribution in [0.25, 0.3) is 0 Å². The second kappa shape index (κ2) is 6.45. The second-order valence-corrected chi connectivity index (χ2v) is 5.67. The van der Waals surface area contributed by atoms with Crippen LogP contribution in [-0.4, -0.2) is 49.7 Å². The molecule has 0 bridgehead atoms. The summed E-state index contributed by atoms with van der Waals surface area (Å²) in [6.07, 6.45) is -0.226. The Labute approximate surface area is 126 Å². The van der Waals surface area contributed by atoms with E-state index in [2.05, 4.69) is 11.8 Å². The first kappa shape index (κ1) is 15.8. The maximum absolute atomic E-state index is 11.9. The standard InChI is InChI=1S/C16H24N2O3/c1-6-18(5)16(19)21-13-8-7-12-10-20-11(2)15(17(3)4)14(12)9-13/h7-9,11,15H,6,10H2,1-5H3/t11-,15-/m1/s1. The lowest BCUT2D eigenvalue weighted by Crippen LogP contribution is -2.35. The summed E-state index contributed by atoms with van der Waals surface area (Å²) in [7, 11) is 5.78. The molecule has 2 atom stereocenters. The van der Waals surface area contributed by atoms with Crippen molar-refractivity contribution in [3.8, 4) is 5.75 Å². The lowest BCUT2D eigenvalue weighted by atomic mass is 9.93. The van der Waals surface area contributed by atoms with E-state index in [0.29, 0.717) is 18.9 Å². The molecule has 0 aliphatic carbocycles. The molecule has 0 unspecified atom stereocenters. The van der Waals surface area contributed by atoms with Crippen LogP contribution in [-0.2, 0) is 11.3 Å². The van der Waals surface area contributed by atoms with E-state index in [-0.39, 0.29) is 18.2 Å². The number of likely N-dealkylation sites (N-methyl/N-ethyl adjacent to an activating group) is 1. The number of rotatable bonds is 3. The lowest BCUT2D eigenvalue weighted by molar-refractivity contribution is -0.0168. The zero-order valence-corrected chi connectivity index (χ0v) is 13.4. The molecule has 116 valence electrons. The summed E-state index contributed by atoms with van der Waals surface area (Å²) in [5.41, 5.74) is 2.32. The Hall–Kier alpha value is -1.59. The van der Waals surface area contributed by atoms with Crippen molar-refractivity contribution in [2.24, 2.45) is 0 Å². The molecule has 0 aromatic heterocycles. The fourth-order valence-corrected chi connectivity index (χ4v) is 2.61. The number of benzene rings is 1. The summed E-state index contributed by atoms with van der Waals surface area (Å²) in [5, 5.41) is 0.